The lowest BCUT2D eigenvalue weighted by atomic mass is 10.1. The second kappa shape index (κ2) is 74.6. The number of hydrogen-bond acceptors (Lipinski definition) is 22. The summed E-state index contributed by atoms with van der Waals surface area (Å²) in [7, 11) is 6.64. The molecule has 0 fully saturated rings. The molecule has 0 spiro atoms. The third-order valence-electron chi connectivity index (χ3n) is 21.1. The quantitative estimate of drug-likeness (QED) is 0.0473. The molecule has 0 aromatic heterocycles. The van der Waals surface area contributed by atoms with Crippen molar-refractivity contribution in [1.29, 1.82) is 0 Å². The van der Waals surface area contributed by atoms with Gasteiger partial charge in [0.05, 0.1) is 0 Å². The molecule has 730 valence electrons. The van der Waals surface area contributed by atoms with Crippen LogP contribution in [0.3, 0.4) is 0 Å². The van der Waals surface area contributed by atoms with Crippen molar-refractivity contribution in [3.63, 3.8) is 0 Å². The molecule has 0 rings (SSSR count). The smallest absolute Gasteiger partial charge is 0.242 e. The summed E-state index contributed by atoms with van der Waals surface area (Å²) in [5.74, 6) is 0.714. The van der Waals surface area contributed by atoms with E-state index in [1.54, 1.807) is 95.1 Å². The summed E-state index contributed by atoms with van der Waals surface area (Å²) >= 11 is 6.00. The van der Waals surface area contributed by atoms with E-state index >= 15 is 0 Å². The Bertz CT molecular complexity index is 3110. The number of thioether (sulfide) groups is 4. The molecule has 0 radical (unpaired) electrons. The molecule has 36 nitrogen and oxygen atoms in total. The maximum atomic E-state index is 13.9. The first kappa shape index (κ1) is 121. The molecule has 0 saturated heterocycles. The Morgan fingerprint density at radius 1 is 0.236 bits per heavy atom. The summed E-state index contributed by atoms with van der Waals surface area (Å²) < 4.78 is 0. The van der Waals surface area contributed by atoms with Crippen molar-refractivity contribution in [1.82, 2.24) is 90.7 Å². The Labute approximate surface area is 775 Å². The number of likely N-dealkylation sites (N-methyl/N-ethyl adjacent to an activating group) is 4. The predicted octanol–water partition coefficient (Wildman–Crippen LogP) is 3.71. The van der Waals surface area contributed by atoms with Gasteiger partial charge in [-0.25, -0.2) is 0 Å². The van der Waals surface area contributed by atoms with E-state index in [0.717, 1.165) is 0 Å². The molecule has 6 N–H and O–H groups in total. The molecule has 40 heteroatoms. The monoisotopic (exact) mass is 1870 g/mol. The van der Waals surface area contributed by atoms with Gasteiger partial charge in [-0.1, -0.05) is 41.5 Å². The minimum Gasteiger partial charge on any atom is -0.356 e. The van der Waals surface area contributed by atoms with Gasteiger partial charge in [-0.15, -0.1) is 0 Å². The zero-order valence-electron chi connectivity index (χ0n) is 80.2. The van der Waals surface area contributed by atoms with Crippen LogP contribution in [0.15, 0.2) is 0 Å². The highest BCUT2D eigenvalue weighted by Gasteiger charge is 2.26. The van der Waals surface area contributed by atoms with E-state index in [1.165, 1.54) is 122 Å². The van der Waals surface area contributed by atoms with Gasteiger partial charge in [0.15, 0.2) is 0 Å². The van der Waals surface area contributed by atoms with Crippen LogP contribution in [0.25, 0.3) is 0 Å². The first-order chi connectivity index (χ1) is 60.3. The van der Waals surface area contributed by atoms with Crippen LogP contribution in [-0.4, -0.2) is 408 Å². The number of nitrogens with one attached hydrogen (secondary N) is 6. The van der Waals surface area contributed by atoms with Crippen LogP contribution >= 0.6 is 47.0 Å². The second-order valence-electron chi connectivity index (χ2n) is 30.7. The van der Waals surface area contributed by atoms with Crippen molar-refractivity contribution in [3.8, 4) is 0 Å². The Morgan fingerprint density at radius 3 is 0.661 bits per heavy atom. The molecule has 127 heavy (non-hydrogen) atoms. The molecule has 0 aliphatic heterocycles. The molecule has 0 aromatic carbocycles. The lowest BCUT2D eigenvalue weighted by Crippen LogP contribution is -2.47. The Morgan fingerprint density at radius 2 is 0.441 bits per heavy atom. The number of nitrogens with zero attached hydrogens (tertiary/aromatic N) is 12. The zero-order valence-corrected chi connectivity index (χ0v) is 83.4. The van der Waals surface area contributed by atoms with E-state index in [-0.39, 0.29) is 184 Å². The normalized spacial score (nSPS) is 11.2. The fraction of sp³-hybridized carbons (Fsp3) is 0.793. The summed E-state index contributed by atoms with van der Waals surface area (Å²) in [5.41, 5.74) is 0. The zero-order chi connectivity index (χ0) is 96.2. The van der Waals surface area contributed by atoms with Gasteiger partial charge in [0.2, 0.25) is 106 Å². The van der Waals surface area contributed by atoms with Crippen molar-refractivity contribution in [3.05, 3.63) is 0 Å². The third-order valence-corrected chi connectivity index (χ3v) is 24.9. The molecular weight excluding hydrogens is 1710 g/mol. The highest BCUT2D eigenvalue weighted by molar-refractivity contribution is 7.99. The average molecular weight is 1870 g/mol. The summed E-state index contributed by atoms with van der Waals surface area (Å²) in [6, 6.07) is -1.80. The van der Waals surface area contributed by atoms with Crippen molar-refractivity contribution in [2.24, 2.45) is 0 Å². The average Bonchev–Trinajstić information content (AvgIpc) is 0.936. The highest BCUT2D eigenvalue weighted by atomic mass is 32.2. The minimum atomic E-state index is -0.902. The van der Waals surface area contributed by atoms with Crippen molar-refractivity contribution < 1.29 is 86.3 Å². The first-order valence-corrected chi connectivity index (χ1v) is 49.9. The molecule has 0 saturated carbocycles. The molecule has 0 heterocycles. The summed E-state index contributed by atoms with van der Waals surface area (Å²) in [5, 5.41) is 17.6. The summed E-state index contributed by atoms with van der Waals surface area (Å²) in [6.07, 6.45) is 5.87. The Balaban J connectivity index is 0. The van der Waals surface area contributed by atoms with Crippen molar-refractivity contribution in [2.75, 3.05) is 231 Å². The number of hydrogen-bond donors (Lipinski definition) is 6. The Kier molecular flexibility index (Phi) is 71.0. The predicted molar refractivity (Wildman–Crippen MR) is 506 cm³/mol. The van der Waals surface area contributed by atoms with E-state index < -0.39 is 12.1 Å². The number of amides is 18. The van der Waals surface area contributed by atoms with E-state index in [9.17, 15) is 86.3 Å². The molecule has 2 atom stereocenters. The molecule has 18 amide bonds. The van der Waals surface area contributed by atoms with Crippen LogP contribution in [0.4, 0.5) is 0 Å². The Hall–Kier alpha value is -8.14. The molecule has 0 aromatic rings. The van der Waals surface area contributed by atoms with Gasteiger partial charge in [-0.2, -0.15) is 47.0 Å². The van der Waals surface area contributed by atoms with Crippen LogP contribution in [0, 0.1) is 0 Å². The summed E-state index contributed by atoms with van der Waals surface area (Å²) in [6.45, 7) is 30.7. The first-order valence-electron chi connectivity index (χ1n) is 45.3. The van der Waals surface area contributed by atoms with Gasteiger partial charge in [0.1, 0.15) is 12.1 Å². The molecular formula is C87H160N18O18S4. The van der Waals surface area contributed by atoms with E-state index in [2.05, 4.69) is 31.9 Å². The maximum Gasteiger partial charge on any atom is 0.242 e. The maximum absolute atomic E-state index is 13.9. The summed E-state index contributed by atoms with van der Waals surface area (Å²) in [4.78, 5) is 249. The number of carbonyl (C=O) groups is 18. The van der Waals surface area contributed by atoms with E-state index in [4.69, 9.17) is 0 Å². The van der Waals surface area contributed by atoms with Gasteiger partial charge in [0.25, 0.3) is 0 Å². The molecule has 2 unspecified atom stereocenters. The fourth-order valence-corrected chi connectivity index (χ4v) is 15.8. The minimum absolute atomic E-state index is 0.0563. The van der Waals surface area contributed by atoms with Gasteiger partial charge in [0, 0.05) is 338 Å². The molecule has 0 aliphatic rings. The van der Waals surface area contributed by atoms with Gasteiger partial charge >= 0.3 is 0 Å². The van der Waals surface area contributed by atoms with Gasteiger partial charge < -0.3 is 90.7 Å². The van der Waals surface area contributed by atoms with Crippen LogP contribution < -0.4 is 31.9 Å². The topological polar surface area (TPSA) is 418 Å². The fourth-order valence-electron chi connectivity index (χ4n) is 12.2. The lowest BCUT2D eigenvalue weighted by Gasteiger charge is -2.28. The van der Waals surface area contributed by atoms with Crippen LogP contribution in [0.5, 0.6) is 0 Å². The third kappa shape index (κ3) is 60.4. The number of rotatable bonds is 72. The van der Waals surface area contributed by atoms with Crippen LogP contribution in [0.1, 0.15) is 206 Å². The SMILES string of the molecule is CC.CCC(=O)N(CCSCCC(=O)NCCCCC(NC(=O)CCSCCN(CCN(CCN(C)C(C)=O)C(C)=O)C(=O)CC)C(=O)NCCCCCNC(=O)C(CCCCNC(=O)CCSCCN(CCN(CCN(C)C(C)=O)C(C)=O)C(=O)CC)NC(=O)CCSCCN(CCN(CCN(C)C(C)=O)C(C)=O)C(=O)CC)CCN(CCN(C)C(C)=O)C(C)=O. The highest BCUT2D eigenvalue weighted by Crippen LogP contribution is 2.14. The van der Waals surface area contributed by atoms with Gasteiger partial charge in [-0.3, -0.25) is 86.3 Å². The van der Waals surface area contributed by atoms with Crippen molar-refractivity contribution in [2.45, 2.75) is 218 Å². The second-order valence-corrected chi connectivity index (χ2v) is 35.6. The van der Waals surface area contributed by atoms with Crippen LogP contribution in [0.2, 0.25) is 0 Å². The molecule has 0 bridgehead atoms. The number of carbonyl (C=O) groups excluding carboxylic acids is 18. The lowest BCUT2D eigenvalue weighted by molar-refractivity contribution is -0.134. The van der Waals surface area contributed by atoms with Crippen molar-refractivity contribution >= 4 is 153 Å². The van der Waals surface area contributed by atoms with Gasteiger partial charge in [-0.05, 0) is 57.8 Å². The molecule has 0 aliphatic carbocycles. The largest absolute Gasteiger partial charge is 0.356 e. The van der Waals surface area contributed by atoms with E-state index in [0.29, 0.717) is 235 Å². The standard InChI is InChI=1S/C85H154N18O18S4.C2H6/c1-17-80(116)100(50-46-96(70(9)108)42-38-92(13)66(5)104)54-62-122-58-30-76(112)86-34-26-22-28-74(90-78(114)32-60-124-64-56-102(82(118)19-3)52-48-98(72(11)110)44-40-94(15)68(7)106)84(120)88-36-24-21-25-37-89-85(121)75(91-79(115)33-61-125-65-57-103(83(119)20-4)53-49-99(73(12)111)45-41-95(16)69(8)107)29-23-27-35-87-77(113)31-59-123-63-55-101(81(117)18-2)51-47-97(71(10)109)43-39-93(14)67(6)105;1-2/h74-75H,17-65H2,1-16H3,(H,86,112)(H,87,113)(H,88,120)(H,89,121)(H,90,114)(H,91,115);1-2H3. The van der Waals surface area contributed by atoms with Crippen LogP contribution in [-0.2, 0) is 86.3 Å². The van der Waals surface area contributed by atoms with E-state index in [1.807, 2.05) is 13.8 Å². The number of unbranched alkanes of at least 4 members (excludes halogenated alkanes) is 4.